The van der Waals surface area contributed by atoms with Gasteiger partial charge in [0.2, 0.25) is 0 Å². The molecule has 9 nitrogen and oxygen atoms in total. The highest BCUT2D eigenvalue weighted by atomic mass is 32.1. The van der Waals surface area contributed by atoms with Gasteiger partial charge < -0.3 is 0 Å². The SMILES string of the molecule is Cc1nc(-c2ccc(-c3ccccc3)cc2)nc(-c2cccc3c2sc2ccccc23)n1.Cc1nc(-c2cccc(-c3ccccc3)c2)nc(-c2cccc3c2sc2ccccc23)n1.Cc1nc(-c2ccccc2)nc(-c2cccc3c2sc2ccccc23)n1. The molecule has 90 heavy (non-hydrogen) atoms. The molecule has 0 aliphatic rings. The van der Waals surface area contributed by atoms with Crippen LogP contribution in [0.25, 0.3) is 151 Å². The fourth-order valence-electron chi connectivity index (χ4n) is 11.5. The van der Waals surface area contributed by atoms with E-state index in [2.05, 4.69) is 244 Å². The van der Waals surface area contributed by atoms with Gasteiger partial charge in [-0.1, -0.05) is 224 Å². The molecule has 11 aromatic carbocycles. The third kappa shape index (κ3) is 11.2. The van der Waals surface area contributed by atoms with Crippen LogP contribution in [0.3, 0.4) is 0 Å². The van der Waals surface area contributed by atoms with Crippen LogP contribution in [0.1, 0.15) is 17.5 Å². The van der Waals surface area contributed by atoms with E-state index in [4.69, 9.17) is 24.9 Å². The van der Waals surface area contributed by atoms with Crippen LogP contribution in [-0.2, 0) is 0 Å². The molecule has 0 unspecified atom stereocenters. The van der Waals surface area contributed by atoms with Gasteiger partial charge in [0.1, 0.15) is 17.5 Å². The van der Waals surface area contributed by atoms with Crippen molar-refractivity contribution in [3.63, 3.8) is 0 Å². The summed E-state index contributed by atoms with van der Waals surface area (Å²) in [5, 5.41) is 7.57. The predicted octanol–water partition coefficient (Wildman–Crippen LogP) is 21.0. The van der Waals surface area contributed by atoms with Gasteiger partial charge in [-0.3, -0.25) is 0 Å². The van der Waals surface area contributed by atoms with Crippen LogP contribution in [0.2, 0.25) is 0 Å². The molecule has 0 aliphatic heterocycles. The van der Waals surface area contributed by atoms with Crippen molar-refractivity contribution in [2.24, 2.45) is 0 Å². The Morgan fingerprint density at radius 2 is 0.467 bits per heavy atom. The number of hydrogen-bond donors (Lipinski definition) is 0. The summed E-state index contributed by atoms with van der Waals surface area (Å²) in [7, 11) is 0. The van der Waals surface area contributed by atoms with Crippen molar-refractivity contribution in [2.75, 3.05) is 0 Å². The van der Waals surface area contributed by atoms with E-state index in [1.165, 1.54) is 77.2 Å². The normalized spacial score (nSPS) is 11.3. The largest absolute Gasteiger partial charge is 0.213 e. The van der Waals surface area contributed by atoms with Gasteiger partial charge in [0.25, 0.3) is 0 Å². The van der Waals surface area contributed by atoms with E-state index in [1.807, 2.05) is 63.2 Å². The lowest BCUT2D eigenvalue weighted by Crippen LogP contribution is -1.99. The monoisotopic (exact) mass is 1210 g/mol. The number of thiophene rings is 3. The molecule has 428 valence electrons. The standard InChI is InChI=1S/2C28H19N3S.C22H15N3S/c1-18-29-27(21-12-7-11-20(17-21)19-9-3-2-4-10-19)31-28(30-18)24-15-8-14-23-22-13-5-6-16-25(22)32-26(23)24;1-18-29-27(21-16-14-20(15-17-21)19-8-3-2-4-9-19)31-28(30-18)24-12-7-11-23-22-10-5-6-13-25(22)32-26(23)24;1-14-23-21(15-8-3-2-4-9-15)25-22(24-14)18-12-7-11-17-16-10-5-6-13-19(16)26-20(17)18/h2*2-17H,1H3;2-13H,1H3. The molecule has 0 saturated carbocycles. The quantitative estimate of drug-likeness (QED) is 0.147. The predicted molar refractivity (Wildman–Crippen MR) is 376 cm³/mol. The van der Waals surface area contributed by atoms with Crippen molar-refractivity contribution in [1.82, 2.24) is 44.9 Å². The molecular weight excluding hydrogens is 1160 g/mol. The van der Waals surface area contributed by atoms with Gasteiger partial charge in [-0.05, 0) is 85.5 Å². The van der Waals surface area contributed by atoms with E-state index in [9.17, 15) is 0 Å². The molecule has 0 N–H and O–H groups in total. The highest BCUT2D eigenvalue weighted by Gasteiger charge is 2.19. The van der Waals surface area contributed by atoms with Gasteiger partial charge in [0.15, 0.2) is 34.9 Å². The maximum absolute atomic E-state index is 4.91. The van der Waals surface area contributed by atoms with Crippen LogP contribution >= 0.6 is 34.0 Å². The zero-order valence-corrected chi connectivity index (χ0v) is 51.6. The molecule has 0 atom stereocenters. The maximum Gasteiger partial charge on any atom is 0.165 e. The second kappa shape index (κ2) is 24.3. The molecule has 0 bridgehead atoms. The first-order valence-corrected chi connectivity index (χ1v) is 32.0. The molecule has 0 radical (unpaired) electrons. The summed E-state index contributed by atoms with van der Waals surface area (Å²) in [5.74, 6) is 6.44. The number of hydrogen-bond acceptors (Lipinski definition) is 12. The number of fused-ring (bicyclic) bond motifs is 9. The maximum atomic E-state index is 4.91. The fourth-order valence-corrected chi connectivity index (χ4v) is 15.1. The van der Waals surface area contributed by atoms with Crippen LogP contribution in [0.4, 0.5) is 0 Å². The van der Waals surface area contributed by atoms with Crippen LogP contribution in [0.15, 0.2) is 267 Å². The summed E-state index contributed by atoms with van der Waals surface area (Å²) in [5.41, 5.74) is 10.8. The van der Waals surface area contributed by atoms with Crippen LogP contribution < -0.4 is 0 Å². The zero-order valence-electron chi connectivity index (χ0n) is 49.2. The van der Waals surface area contributed by atoms with Gasteiger partial charge >= 0.3 is 0 Å². The molecule has 0 fully saturated rings. The minimum absolute atomic E-state index is 0.698. The fraction of sp³-hybridized carbons (Fsp3) is 0.0385. The molecule has 17 rings (SSSR count). The second-order valence-corrected chi connectivity index (χ2v) is 24.8. The van der Waals surface area contributed by atoms with E-state index in [0.717, 1.165) is 68.1 Å². The summed E-state index contributed by atoms with van der Waals surface area (Å²) < 4.78 is 7.48. The number of benzene rings is 11. The molecule has 0 amide bonds. The van der Waals surface area contributed by atoms with Crippen molar-refractivity contribution in [3.05, 3.63) is 284 Å². The summed E-state index contributed by atoms with van der Waals surface area (Å²) in [6.45, 7) is 5.78. The first-order chi connectivity index (χ1) is 44.3. The number of aromatic nitrogens is 9. The Hall–Kier alpha value is -10.9. The minimum atomic E-state index is 0.698. The van der Waals surface area contributed by atoms with Gasteiger partial charge in [-0.15, -0.1) is 34.0 Å². The molecule has 0 aliphatic carbocycles. The minimum Gasteiger partial charge on any atom is -0.213 e. The molecule has 0 saturated heterocycles. The van der Waals surface area contributed by atoms with Crippen LogP contribution in [-0.4, -0.2) is 44.9 Å². The van der Waals surface area contributed by atoms with E-state index in [1.54, 1.807) is 34.0 Å². The summed E-state index contributed by atoms with van der Waals surface area (Å²) >= 11 is 5.37. The Labute approximate surface area is 531 Å². The Balaban J connectivity index is 0.000000113. The molecular formula is C78H53N9S3. The van der Waals surface area contributed by atoms with E-state index in [0.29, 0.717) is 23.3 Å². The van der Waals surface area contributed by atoms with E-state index >= 15 is 0 Å². The average molecular weight is 1210 g/mol. The van der Waals surface area contributed by atoms with Gasteiger partial charge in [0.05, 0.1) is 0 Å². The Bertz CT molecular complexity index is 5470. The number of nitrogens with zero attached hydrogens (tertiary/aromatic N) is 9. The third-order valence-electron chi connectivity index (χ3n) is 15.7. The van der Waals surface area contributed by atoms with Crippen molar-refractivity contribution in [1.29, 1.82) is 0 Å². The van der Waals surface area contributed by atoms with Crippen LogP contribution in [0, 0.1) is 20.8 Å². The lowest BCUT2D eigenvalue weighted by molar-refractivity contribution is 0.993. The first kappa shape index (κ1) is 55.7. The summed E-state index contributed by atoms with van der Waals surface area (Å²) in [4.78, 5) is 42.5. The Morgan fingerprint density at radius 1 is 0.200 bits per heavy atom. The third-order valence-corrected chi connectivity index (χ3v) is 19.3. The zero-order chi connectivity index (χ0) is 60.5. The highest BCUT2D eigenvalue weighted by molar-refractivity contribution is 7.27. The lowest BCUT2D eigenvalue weighted by atomic mass is 10.0. The van der Waals surface area contributed by atoms with Gasteiger partial charge in [-0.2, -0.15) is 0 Å². The average Bonchev–Trinajstić information content (AvgIpc) is 2.01. The summed E-state index contributed by atoms with van der Waals surface area (Å²) in [6.07, 6.45) is 0. The molecule has 12 heteroatoms. The topological polar surface area (TPSA) is 116 Å². The van der Waals surface area contributed by atoms with Crippen molar-refractivity contribution in [3.8, 4) is 90.6 Å². The molecule has 17 aromatic rings. The highest BCUT2D eigenvalue weighted by Crippen LogP contribution is 2.42. The van der Waals surface area contributed by atoms with Crippen molar-refractivity contribution < 1.29 is 0 Å². The van der Waals surface area contributed by atoms with Crippen molar-refractivity contribution >= 4 is 94.5 Å². The van der Waals surface area contributed by atoms with E-state index in [-0.39, 0.29) is 0 Å². The number of aryl methyl sites for hydroxylation is 3. The second-order valence-electron chi connectivity index (χ2n) is 21.7. The molecule has 6 heterocycles. The first-order valence-electron chi connectivity index (χ1n) is 29.6. The Kier molecular flexibility index (Phi) is 15.1. The van der Waals surface area contributed by atoms with Gasteiger partial charge in [0, 0.05) is 93.9 Å². The van der Waals surface area contributed by atoms with Crippen molar-refractivity contribution in [2.45, 2.75) is 20.8 Å². The molecule has 6 aromatic heterocycles. The van der Waals surface area contributed by atoms with E-state index < -0.39 is 0 Å². The van der Waals surface area contributed by atoms with Gasteiger partial charge in [-0.25, -0.2) is 44.9 Å². The van der Waals surface area contributed by atoms with Crippen LogP contribution in [0.5, 0.6) is 0 Å². The molecule has 0 spiro atoms. The smallest absolute Gasteiger partial charge is 0.165 e. The lowest BCUT2D eigenvalue weighted by Gasteiger charge is -2.08. The summed E-state index contributed by atoms with van der Waals surface area (Å²) in [6, 6.07) is 92.2. The number of rotatable bonds is 8. The Morgan fingerprint density at radius 3 is 0.878 bits per heavy atom.